The predicted molar refractivity (Wildman–Crippen MR) is 78.7 cm³/mol. The lowest BCUT2D eigenvalue weighted by atomic mass is 10.1. The smallest absolute Gasteiger partial charge is 0.245 e. The van der Waals surface area contributed by atoms with E-state index in [0.29, 0.717) is 37.1 Å². The third kappa shape index (κ3) is 2.93. The van der Waals surface area contributed by atoms with E-state index in [4.69, 9.17) is 15.7 Å². The van der Waals surface area contributed by atoms with Crippen LogP contribution < -0.4 is 16.0 Å². The van der Waals surface area contributed by atoms with Crippen LogP contribution >= 0.6 is 0 Å². The number of nitrogens with two attached hydrogens (primary N) is 1. The lowest BCUT2D eigenvalue weighted by Crippen LogP contribution is -2.54. The number of hydrogen-bond donors (Lipinski definition) is 2. The molecule has 0 radical (unpaired) electrons. The summed E-state index contributed by atoms with van der Waals surface area (Å²) in [6.07, 6.45) is 2.11. The first kappa shape index (κ1) is 13.7. The van der Waals surface area contributed by atoms with Crippen LogP contribution in [-0.4, -0.2) is 37.7 Å². The highest BCUT2D eigenvalue weighted by atomic mass is 16.5. The zero-order valence-electron chi connectivity index (χ0n) is 11.7. The Morgan fingerprint density at radius 3 is 3.00 bits per heavy atom. The lowest BCUT2D eigenvalue weighted by Gasteiger charge is -2.36. The Bertz CT molecular complexity index is 592. The van der Waals surface area contributed by atoms with Crippen molar-refractivity contribution in [2.75, 3.05) is 30.4 Å². The van der Waals surface area contributed by atoms with Crippen molar-refractivity contribution in [2.24, 2.45) is 0 Å². The first-order valence-corrected chi connectivity index (χ1v) is 7.13. The maximum Gasteiger partial charge on any atom is 0.245 e. The van der Waals surface area contributed by atoms with E-state index in [1.807, 2.05) is 11.0 Å². The minimum atomic E-state index is -0.352. The summed E-state index contributed by atoms with van der Waals surface area (Å²) < 4.78 is 5.45. The molecule has 1 saturated carbocycles. The van der Waals surface area contributed by atoms with Crippen LogP contribution in [-0.2, 0) is 9.53 Å². The molecule has 0 spiro atoms. The van der Waals surface area contributed by atoms with Gasteiger partial charge < -0.3 is 20.7 Å². The van der Waals surface area contributed by atoms with Crippen LogP contribution in [0.25, 0.3) is 0 Å². The second-order valence-electron chi connectivity index (χ2n) is 5.45. The number of carbonyl (C=O) groups excluding carboxylic acids is 1. The maximum atomic E-state index is 12.3. The minimum absolute atomic E-state index is 0.00691. The van der Waals surface area contributed by atoms with Crippen molar-refractivity contribution in [1.82, 2.24) is 5.32 Å². The van der Waals surface area contributed by atoms with E-state index in [-0.39, 0.29) is 11.9 Å². The van der Waals surface area contributed by atoms with Gasteiger partial charge in [0.15, 0.2) is 0 Å². The molecule has 1 aromatic carbocycles. The Balaban J connectivity index is 1.83. The maximum absolute atomic E-state index is 12.3. The van der Waals surface area contributed by atoms with E-state index in [0.717, 1.165) is 18.5 Å². The van der Waals surface area contributed by atoms with Crippen LogP contribution in [0, 0.1) is 11.3 Å². The molecule has 1 saturated heterocycles. The number of nitrogens with one attached hydrogen (secondary N) is 1. The quantitative estimate of drug-likeness (QED) is 0.795. The predicted octanol–water partition coefficient (Wildman–Crippen LogP) is 0.624. The highest BCUT2D eigenvalue weighted by molar-refractivity contribution is 5.86. The summed E-state index contributed by atoms with van der Waals surface area (Å²) in [5, 5.41) is 12.1. The molecule has 1 amide bonds. The minimum Gasteiger partial charge on any atom is -0.398 e. The van der Waals surface area contributed by atoms with Gasteiger partial charge in [-0.1, -0.05) is 0 Å². The van der Waals surface area contributed by atoms with Gasteiger partial charge in [-0.3, -0.25) is 4.79 Å². The number of anilines is 2. The fourth-order valence-electron chi connectivity index (χ4n) is 2.47. The molecule has 3 rings (SSSR count). The fourth-order valence-corrected chi connectivity index (χ4v) is 2.47. The third-order valence-electron chi connectivity index (χ3n) is 3.84. The van der Waals surface area contributed by atoms with Crippen LogP contribution in [0.2, 0.25) is 0 Å². The second-order valence-corrected chi connectivity index (χ2v) is 5.45. The zero-order chi connectivity index (χ0) is 14.8. The molecular formula is C15H18N4O2. The van der Waals surface area contributed by atoms with Crippen molar-refractivity contribution in [1.29, 1.82) is 5.26 Å². The number of nitriles is 1. The molecular weight excluding hydrogens is 268 g/mol. The number of nitrogens with zero attached hydrogens (tertiary/aromatic N) is 2. The van der Waals surface area contributed by atoms with E-state index < -0.39 is 0 Å². The van der Waals surface area contributed by atoms with Gasteiger partial charge in [-0.15, -0.1) is 0 Å². The second kappa shape index (κ2) is 5.62. The van der Waals surface area contributed by atoms with Crippen molar-refractivity contribution in [2.45, 2.75) is 24.9 Å². The molecule has 2 aliphatic rings. The largest absolute Gasteiger partial charge is 0.398 e. The van der Waals surface area contributed by atoms with Gasteiger partial charge in [0.25, 0.3) is 0 Å². The van der Waals surface area contributed by atoms with Crippen molar-refractivity contribution in [3.05, 3.63) is 23.8 Å². The number of ether oxygens (including phenoxy) is 1. The average molecular weight is 286 g/mol. The van der Waals surface area contributed by atoms with Crippen LogP contribution in [0.3, 0.4) is 0 Å². The molecule has 3 N–H and O–H groups in total. The Morgan fingerprint density at radius 2 is 2.29 bits per heavy atom. The average Bonchev–Trinajstić information content (AvgIpc) is 3.32. The van der Waals surface area contributed by atoms with Gasteiger partial charge in [-0.25, -0.2) is 0 Å². The standard InChI is InChI=1S/C15H18N4O2/c16-8-10-7-12(3-4-13(10)17)19-5-6-21-9-14(19)15(20)18-11-1-2-11/h3-4,7,11,14H,1-2,5-6,9,17H2,(H,18,20). The van der Waals surface area contributed by atoms with E-state index in [1.165, 1.54) is 0 Å². The molecule has 1 aromatic rings. The van der Waals surface area contributed by atoms with Crippen molar-refractivity contribution < 1.29 is 9.53 Å². The first-order valence-electron chi connectivity index (χ1n) is 7.13. The molecule has 6 heteroatoms. The van der Waals surface area contributed by atoms with Crippen LogP contribution in [0.15, 0.2) is 18.2 Å². The van der Waals surface area contributed by atoms with Crippen LogP contribution in [0.5, 0.6) is 0 Å². The third-order valence-corrected chi connectivity index (χ3v) is 3.84. The molecule has 1 heterocycles. The summed E-state index contributed by atoms with van der Waals surface area (Å²) in [4.78, 5) is 14.3. The van der Waals surface area contributed by atoms with Crippen molar-refractivity contribution in [3.8, 4) is 6.07 Å². The van der Waals surface area contributed by atoms with Gasteiger partial charge in [-0.05, 0) is 31.0 Å². The van der Waals surface area contributed by atoms with E-state index >= 15 is 0 Å². The zero-order valence-corrected chi connectivity index (χ0v) is 11.7. The van der Waals surface area contributed by atoms with Gasteiger partial charge in [0.05, 0.1) is 18.8 Å². The number of benzene rings is 1. The lowest BCUT2D eigenvalue weighted by molar-refractivity contribution is -0.124. The Hall–Kier alpha value is -2.26. The highest BCUT2D eigenvalue weighted by Crippen LogP contribution is 2.25. The first-order chi connectivity index (χ1) is 10.2. The SMILES string of the molecule is N#Cc1cc(N2CCOCC2C(=O)NC2CC2)ccc1N. The Labute approximate surface area is 123 Å². The van der Waals surface area contributed by atoms with Gasteiger partial charge in [0.2, 0.25) is 5.91 Å². The summed E-state index contributed by atoms with van der Waals surface area (Å²) in [5.74, 6) is -0.00691. The van der Waals surface area contributed by atoms with Gasteiger partial charge in [-0.2, -0.15) is 5.26 Å². The topological polar surface area (TPSA) is 91.4 Å². The fraction of sp³-hybridized carbons (Fsp3) is 0.467. The molecule has 1 aliphatic carbocycles. The molecule has 1 unspecified atom stereocenters. The Kier molecular flexibility index (Phi) is 3.67. The molecule has 21 heavy (non-hydrogen) atoms. The van der Waals surface area contributed by atoms with E-state index in [1.54, 1.807) is 12.1 Å². The van der Waals surface area contributed by atoms with Crippen LogP contribution in [0.4, 0.5) is 11.4 Å². The summed E-state index contributed by atoms with van der Waals surface area (Å²) in [6, 6.07) is 7.33. The van der Waals surface area contributed by atoms with Crippen LogP contribution in [0.1, 0.15) is 18.4 Å². The number of amides is 1. The van der Waals surface area contributed by atoms with E-state index in [2.05, 4.69) is 11.4 Å². The van der Waals surface area contributed by atoms with Crippen molar-refractivity contribution in [3.63, 3.8) is 0 Å². The van der Waals surface area contributed by atoms with E-state index in [9.17, 15) is 4.79 Å². The number of hydrogen-bond acceptors (Lipinski definition) is 5. The normalized spacial score (nSPS) is 21.7. The monoisotopic (exact) mass is 286 g/mol. The van der Waals surface area contributed by atoms with Crippen molar-refractivity contribution >= 4 is 17.3 Å². The number of carbonyl (C=O) groups is 1. The van der Waals surface area contributed by atoms with Gasteiger partial charge in [0.1, 0.15) is 12.1 Å². The van der Waals surface area contributed by atoms with Gasteiger partial charge >= 0.3 is 0 Å². The number of nitrogen functional groups attached to an aromatic ring is 1. The van der Waals surface area contributed by atoms with Gasteiger partial charge in [0, 0.05) is 24.0 Å². The molecule has 0 aromatic heterocycles. The molecule has 2 fully saturated rings. The summed E-state index contributed by atoms with van der Waals surface area (Å²) in [5.41, 5.74) is 7.47. The molecule has 1 atom stereocenters. The summed E-state index contributed by atoms with van der Waals surface area (Å²) in [6.45, 7) is 1.56. The number of rotatable bonds is 3. The molecule has 1 aliphatic heterocycles. The Morgan fingerprint density at radius 1 is 1.48 bits per heavy atom. The molecule has 110 valence electrons. The molecule has 6 nitrogen and oxygen atoms in total. The highest BCUT2D eigenvalue weighted by Gasteiger charge is 2.33. The summed E-state index contributed by atoms with van der Waals surface area (Å²) >= 11 is 0. The number of morpholine rings is 1. The molecule has 0 bridgehead atoms. The summed E-state index contributed by atoms with van der Waals surface area (Å²) in [7, 11) is 0.